The smallest absolute Gasteiger partial charge is 0.416 e. The van der Waals surface area contributed by atoms with Crippen LogP contribution in [0.4, 0.5) is 13.2 Å². The van der Waals surface area contributed by atoms with Crippen molar-refractivity contribution in [2.24, 2.45) is 0 Å². The quantitative estimate of drug-likeness (QED) is 0.371. The van der Waals surface area contributed by atoms with E-state index in [2.05, 4.69) is 0 Å². The van der Waals surface area contributed by atoms with Gasteiger partial charge in [0.25, 0.3) is 0 Å². The lowest BCUT2D eigenvalue weighted by atomic mass is 10.1. The van der Waals surface area contributed by atoms with Crippen LogP contribution in [0.25, 0.3) is 12.2 Å². The number of ether oxygens (including phenoxy) is 1. The molecule has 0 spiro atoms. The fraction of sp³-hybridized carbons (Fsp3) is 0.0870. The number of benzene rings is 3. The highest BCUT2D eigenvalue weighted by Crippen LogP contribution is 2.30. The molecular formula is C23H17F3O2. The Labute approximate surface area is 160 Å². The second kappa shape index (κ2) is 8.57. The van der Waals surface area contributed by atoms with Gasteiger partial charge in [0.15, 0.2) is 6.29 Å². The van der Waals surface area contributed by atoms with Gasteiger partial charge in [-0.25, -0.2) is 0 Å². The third-order valence-electron chi connectivity index (χ3n) is 4.10. The Bertz CT molecular complexity index is 977. The largest absolute Gasteiger partial charge is 0.488 e. The molecule has 28 heavy (non-hydrogen) atoms. The van der Waals surface area contributed by atoms with Crippen molar-refractivity contribution >= 4 is 18.4 Å². The molecule has 3 aromatic rings. The molecule has 0 fully saturated rings. The van der Waals surface area contributed by atoms with Crippen molar-refractivity contribution in [1.29, 1.82) is 0 Å². The Morgan fingerprint density at radius 2 is 1.54 bits per heavy atom. The van der Waals surface area contributed by atoms with Gasteiger partial charge in [-0.1, -0.05) is 66.7 Å². The Kier molecular flexibility index (Phi) is 5.94. The average molecular weight is 382 g/mol. The van der Waals surface area contributed by atoms with E-state index in [9.17, 15) is 18.0 Å². The molecule has 2 nitrogen and oxygen atoms in total. The van der Waals surface area contributed by atoms with E-state index in [-0.39, 0.29) is 6.61 Å². The molecule has 0 aromatic heterocycles. The van der Waals surface area contributed by atoms with Crippen molar-refractivity contribution in [3.05, 3.63) is 101 Å². The molecule has 0 aliphatic rings. The minimum atomic E-state index is -4.40. The average Bonchev–Trinajstić information content (AvgIpc) is 2.71. The van der Waals surface area contributed by atoms with Gasteiger partial charge in [0, 0.05) is 5.56 Å². The number of para-hydroxylation sites is 1. The summed E-state index contributed by atoms with van der Waals surface area (Å²) in [5.41, 5.74) is 1.62. The van der Waals surface area contributed by atoms with Gasteiger partial charge in [0.2, 0.25) is 0 Å². The van der Waals surface area contributed by atoms with Crippen molar-refractivity contribution in [2.45, 2.75) is 12.8 Å². The molecule has 0 atom stereocenters. The van der Waals surface area contributed by atoms with Crippen LogP contribution in [0.2, 0.25) is 0 Å². The number of hydrogen-bond acceptors (Lipinski definition) is 2. The topological polar surface area (TPSA) is 26.3 Å². The molecule has 3 rings (SSSR count). The maximum Gasteiger partial charge on any atom is 0.416 e. The summed E-state index contributed by atoms with van der Waals surface area (Å²) in [7, 11) is 0. The standard InChI is InChI=1S/C23H17F3O2/c24-23(25,26)21-11-4-8-17(14-21)12-13-19-9-5-10-20(15-27)22(19)28-16-18-6-2-1-3-7-18/h1-15H,16H2/b13-12+. The Hall–Kier alpha value is -3.34. The molecule has 142 valence electrons. The first kappa shape index (κ1) is 19.4. The summed E-state index contributed by atoms with van der Waals surface area (Å²) in [6.07, 6.45) is -0.496. The molecule has 0 aliphatic heterocycles. The number of rotatable bonds is 6. The summed E-state index contributed by atoms with van der Waals surface area (Å²) in [5.74, 6) is 0.393. The van der Waals surface area contributed by atoms with E-state index in [1.807, 2.05) is 30.3 Å². The lowest BCUT2D eigenvalue weighted by molar-refractivity contribution is -0.137. The van der Waals surface area contributed by atoms with Crippen LogP contribution in [-0.2, 0) is 12.8 Å². The highest BCUT2D eigenvalue weighted by atomic mass is 19.4. The van der Waals surface area contributed by atoms with Gasteiger partial charge >= 0.3 is 6.18 Å². The third kappa shape index (κ3) is 4.88. The Morgan fingerprint density at radius 3 is 2.25 bits per heavy atom. The lowest BCUT2D eigenvalue weighted by Crippen LogP contribution is -2.04. The number of alkyl halides is 3. The molecule has 0 aliphatic carbocycles. The van der Waals surface area contributed by atoms with Crippen LogP contribution in [0.5, 0.6) is 5.75 Å². The van der Waals surface area contributed by atoms with E-state index in [0.717, 1.165) is 17.7 Å². The predicted octanol–water partition coefficient (Wildman–Crippen LogP) is 6.27. The van der Waals surface area contributed by atoms with Crippen LogP contribution in [-0.4, -0.2) is 6.29 Å². The first-order valence-electron chi connectivity index (χ1n) is 8.57. The number of hydrogen-bond donors (Lipinski definition) is 0. The van der Waals surface area contributed by atoms with Crippen LogP contribution in [0.3, 0.4) is 0 Å². The van der Waals surface area contributed by atoms with Crippen LogP contribution < -0.4 is 4.74 Å². The van der Waals surface area contributed by atoms with Gasteiger partial charge in [-0.05, 0) is 29.3 Å². The van der Waals surface area contributed by atoms with Gasteiger partial charge in [-0.15, -0.1) is 0 Å². The maximum atomic E-state index is 12.9. The number of carbonyl (C=O) groups excluding carboxylic acids is 1. The van der Waals surface area contributed by atoms with Crippen molar-refractivity contribution < 1.29 is 22.7 Å². The number of aldehydes is 1. The monoisotopic (exact) mass is 382 g/mol. The first-order chi connectivity index (χ1) is 13.5. The van der Waals surface area contributed by atoms with Crippen LogP contribution in [0, 0.1) is 0 Å². The minimum Gasteiger partial charge on any atom is -0.488 e. The van der Waals surface area contributed by atoms with E-state index < -0.39 is 11.7 Å². The second-order valence-corrected chi connectivity index (χ2v) is 6.11. The zero-order chi connectivity index (χ0) is 20.0. The molecule has 0 unspecified atom stereocenters. The summed E-state index contributed by atoms with van der Waals surface area (Å²) >= 11 is 0. The highest BCUT2D eigenvalue weighted by molar-refractivity contribution is 5.84. The fourth-order valence-corrected chi connectivity index (χ4v) is 2.70. The lowest BCUT2D eigenvalue weighted by Gasteiger charge is -2.12. The van der Waals surface area contributed by atoms with Crippen LogP contribution in [0.1, 0.15) is 32.6 Å². The fourth-order valence-electron chi connectivity index (χ4n) is 2.70. The van der Waals surface area contributed by atoms with Crippen LogP contribution >= 0.6 is 0 Å². The van der Waals surface area contributed by atoms with Crippen molar-refractivity contribution in [3.63, 3.8) is 0 Å². The van der Waals surface area contributed by atoms with Crippen molar-refractivity contribution in [1.82, 2.24) is 0 Å². The predicted molar refractivity (Wildman–Crippen MR) is 103 cm³/mol. The molecule has 0 saturated heterocycles. The summed E-state index contributed by atoms with van der Waals surface area (Å²) in [6.45, 7) is 0.274. The second-order valence-electron chi connectivity index (χ2n) is 6.11. The molecule has 5 heteroatoms. The number of halogens is 3. The molecular weight excluding hydrogens is 365 g/mol. The molecule has 0 radical (unpaired) electrons. The van der Waals surface area contributed by atoms with Gasteiger partial charge in [0.05, 0.1) is 11.1 Å². The Morgan fingerprint density at radius 1 is 0.821 bits per heavy atom. The molecule has 0 amide bonds. The zero-order valence-electron chi connectivity index (χ0n) is 14.8. The molecule has 0 N–H and O–H groups in total. The van der Waals surface area contributed by atoms with Gasteiger partial charge in [-0.2, -0.15) is 13.2 Å². The SMILES string of the molecule is O=Cc1cccc(/C=C/c2cccc(C(F)(F)F)c2)c1OCc1ccccc1. The van der Waals surface area contributed by atoms with Gasteiger partial charge in [0.1, 0.15) is 12.4 Å². The normalized spacial score (nSPS) is 11.5. The molecule has 0 saturated carbocycles. The molecule has 0 heterocycles. The van der Waals surface area contributed by atoms with Crippen LogP contribution in [0.15, 0.2) is 72.8 Å². The van der Waals surface area contributed by atoms with Gasteiger partial charge in [-0.3, -0.25) is 4.79 Å². The van der Waals surface area contributed by atoms with E-state index in [1.165, 1.54) is 6.07 Å². The summed E-state index contributed by atoms with van der Waals surface area (Å²) in [4.78, 5) is 11.4. The Balaban J connectivity index is 1.87. The molecule has 3 aromatic carbocycles. The van der Waals surface area contributed by atoms with E-state index in [1.54, 1.807) is 36.4 Å². The van der Waals surface area contributed by atoms with Gasteiger partial charge < -0.3 is 4.74 Å². The first-order valence-corrected chi connectivity index (χ1v) is 8.57. The maximum absolute atomic E-state index is 12.9. The van der Waals surface area contributed by atoms with Crippen molar-refractivity contribution in [3.8, 4) is 5.75 Å². The van der Waals surface area contributed by atoms with E-state index in [4.69, 9.17) is 4.74 Å². The molecule has 0 bridgehead atoms. The summed E-state index contributed by atoms with van der Waals surface area (Å²) in [5, 5.41) is 0. The third-order valence-corrected chi connectivity index (χ3v) is 4.10. The minimum absolute atomic E-state index is 0.274. The number of carbonyl (C=O) groups is 1. The highest BCUT2D eigenvalue weighted by Gasteiger charge is 2.30. The van der Waals surface area contributed by atoms with Crippen molar-refractivity contribution in [2.75, 3.05) is 0 Å². The zero-order valence-corrected chi connectivity index (χ0v) is 14.8. The summed E-state index contributed by atoms with van der Waals surface area (Å²) < 4.78 is 44.5. The van der Waals surface area contributed by atoms with E-state index >= 15 is 0 Å². The summed E-state index contributed by atoms with van der Waals surface area (Å²) in [6, 6.07) is 19.6. The van der Waals surface area contributed by atoms with E-state index in [0.29, 0.717) is 28.7 Å².